The molecule has 0 aliphatic heterocycles. The number of fused-ring (bicyclic) bond motifs is 3. The molecule has 4 rings (SSSR count). The molecule has 0 aliphatic rings. The second kappa shape index (κ2) is 8.14. The van der Waals surface area contributed by atoms with Crippen LogP contribution in [0.4, 0.5) is 4.39 Å². The van der Waals surface area contributed by atoms with E-state index in [9.17, 15) is 14.3 Å². The number of amides is 1. The van der Waals surface area contributed by atoms with Gasteiger partial charge in [0.15, 0.2) is 11.5 Å². The van der Waals surface area contributed by atoms with Gasteiger partial charge in [-0.25, -0.2) is 4.39 Å². The van der Waals surface area contributed by atoms with Gasteiger partial charge in [-0.3, -0.25) is 4.79 Å². The number of carbonyl (C=O) groups is 1. The van der Waals surface area contributed by atoms with Crippen molar-refractivity contribution in [3.63, 3.8) is 0 Å². The Hall–Kier alpha value is -3.80. The van der Waals surface area contributed by atoms with Gasteiger partial charge in [0.2, 0.25) is 5.91 Å². The van der Waals surface area contributed by atoms with Gasteiger partial charge in [0.05, 0.1) is 14.2 Å². The Labute approximate surface area is 178 Å². The molecule has 0 radical (unpaired) electrons. The van der Waals surface area contributed by atoms with Crippen molar-refractivity contribution in [2.45, 2.75) is 12.8 Å². The zero-order valence-corrected chi connectivity index (χ0v) is 17.2. The molecule has 0 atom stereocenters. The van der Waals surface area contributed by atoms with Crippen LogP contribution in [0.1, 0.15) is 21.5 Å². The van der Waals surface area contributed by atoms with Gasteiger partial charge in [0.1, 0.15) is 11.6 Å². The maximum Gasteiger partial charge on any atom is 0.249 e. The van der Waals surface area contributed by atoms with E-state index in [0.29, 0.717) is 40.7 Å². The molecule has 0 fully saturated rings. The maximum absolute atomic E-state index is 13.3. The van der Waals surface area contributed by atoms with Gasteiger partial charge in [0, 0.05) is 11.1 Å². The summed E-state index contributed by atoms with van der Waals surface area (Å²) >= 11 is 0. The summed E-state index contributed by atoms with van der Waals surface area (Å²) in [7, 11) is 3.12. The zero-order chi connectivity index (χ0) is 22.1. The number of aromatic hydroxyl groups is 1. The fourth-order valence-corrected chi connectivity index (χ4v) is 4.06. The number of methoxy groups -OCH3 is 2. The third kappa shape index (κ3) is 3.72. The van der Waals surface area contributed by atoms with Gasteiger partial charge in [-0.1, -0.05) is 12.1 Å². The monoisotopic (exact) mass is 419 g/mol. The van der Waals surface area contributed by atoms with Crippen LogP contribution in [0.15, 0.2) is 54.6 Å². The normalized spacial score (nSPS) is 11.1. The Bertz CT molecular complexity index is 1300. The van der Waals surface area contributed by atoms with Crippen LogP contribution in [0.25, 0.3) is 21.5 Å². The van der Waals surface area contributed by atoms with E-state index in [1.165, 1.54) is 18.2 Å². The first-order chi connectivity index (χ1) is 14.9. The van der Waals surface area contributed by atoms with E-state index >= 15 is 0 Å². The molecule has 0 saturated carbocycles. The predicted octanol–water partition coefficient (Wildman–Crippen LogP) is 4.74. The molecule has 6 heteroatoms. The molecule has 3 N–H and O–H groups in total. The van der Waals surface area contributed by atoms with Crippen molar-refractivity contribution < 1.29 is 23.8 Å². The first kappa shape index (κ1) is 20.5. The molecule has 0 bridgehead atoms. The van der Waals surface area contributed by atoms with E-state index in [4.69, 9.17) is 15.2 Å². The minimum Gasteiger partial charge on any atom is -0.508 e. The lowest BCUT2D eigenvalue weighted by atomic mass is 9.91. The van der Waals surface area contributed by atoms with Crippen LogP contribution in [-0.2, 0) is 12.8 Å². The number of phenols is 1. The van der Waals surface area contributed by atoms with E-state index in [0.717, 1.165) is 21.9 Å². The molecule has 0 spiro atoms. The molecule has 158 valence electrons. The second-order valence-electron chi connectivity index (χ2n) is 7.33. The number of benzene rings is 4. The molecule has 4 aromatic rings. The van der Waals surface area contributed by atoms with E-state index < -0.39 is 5.91 Å². The molecule has 1 amide bonds. The quantitative estimate of drug-likeness (QED) is 0.443. The number of rotatable bonds is 6. The van der Waals surface area contributed by atoms with Crippen molar-refractivity contribution in [3.8, 4) is 17.2 Å². The maximum atomic E-state index is 13.3. The summed E-state index contributed by atoms with van der Waals surface area (Å²) in [5.74, 6) is 0.341. The van der Waals surface area contributed by atoms with Crippen molar-refractivity contribution in [2.24, 2.45) is 5.73 Å². The number of nitrogens with two attached hydrogens (primary N) is 1. The number of hydrogen-bond donors (Lipinski definition) is 2. The smallest absolute Gasteiger partial charge is 0.249 e. The lowest BCUT2D eigenvalue weighted by Crippen LogP contribution is -2.12. The SMILES string of the molecule is COc1cc2c(cc(C(N)=O)c3ccc(O)cc32)c(CCc2ccc(F)cc2)c1OC. The van der Waals surface area contributed by atoms with Gasteiger partial charge in [0.25, 0.3) is 0 Å². The largest absolute Gasteiger partial charge is 0.508 e. The molecule has 0 saturated heterocycles. The van der Waals surface area contributed by atoms with Gasteiger partial charge in [-0.05, 0) is 82.4 Å². The van der Waals surface area contributed by atoms with Crippen LogP contribution in [0.5, 0.6) is 17.2 Å². The number of primary amides is 1. The van der Waals surface area contributed by atoms with Crippen LogP contribution in [0.3, 0.4) is 0 Å². The second-order valence-corrected chi connectivity index (χ2v) is 7.33. The first-order valence-electron chi connectivity index (χ1n) is 9.80. The van der Waals surface area contributed by atoms with Crippen molar-refractivity contribution in [2.75, 3.05) is 14.2 Å². The van der Waals surface area contributed by atoms with Crippen molar-refractivity contribution >= 4 is 27.5 Å². The number of phenolic OH excluding ortho intramolecular Hbond substituents is 1. The van der Waals surface area contributed by atoms with Crippen LogP contribution in [-0.4, -0.2) is 25.2 Å². The molecule has 0 heterocycles. The van der Waals surface area contributed by atoms with Crippen molar-refractivity contribution in [1.82, 2.24) is 0 Å². The Morgan fingerprint density at radius 3 is 2.26 bits per heavy atom. The Morgan fingerprint density at radius 2 is 1.61 bits per heavy atom. The number of halogens is 1. The standard InChI is InChI=1S/C25H22FNO4/c1-30-23-13-21-19-11-16(28)8-10-17(19)22(25(27)29)12-20(21)18(24(23)31-2)9-5-14-3-6-15(26)7-4-14/h3-4,6-8,10-13,28H,5,9H2,1-2H3,(H2,27,29). The Kier molecular flexibility index (Phi) is 5.38. The summed E-state index contributed by atoms with van der Waals surface area (Å²) in [6.07, 6.45) is 1.19. The van der Waals surface area contributed by atoms with Gasteiger partial charge in [-0.2, -0.15) is 0 Å². The topological polar surface area (TPSA) is 81.8 Å². The highest BCUT2D eigenvalue weighted by Gasteiger charge is 2.20. The lowest BCUT2D eigenvalue weighted by Gasteiger charge is -2.18. The number of ether oxygens (including phenoxy) is 2. The third-order valence-electron chi connectivity index (χ3n) is 5.53. The average Bonchev–Trinajstić information content (AvgIpc) is 2.77. The molecular weight excluding hydrogens is 397 g/mol. The summed E-state index contributed by atoms with van der Waals surface area (Å²) in [6.45, 7) is 0. The molecule has 0 aliphatic carbocycles. The van der Waals surface area contributed by atoms with E-state index in [2.05, 4.69) is 0 Å². The van der Waals surface area contributed by atoms with Gasteiger partial charge < -0.3 is 20.3 Å². The van der Waals surface area contributed by atoms with E-state index in [-0.39, 0.29) is 11.6 Å². The molecule has 5 nitrogen and oxygen atoms in total. The van der Waals surface area contributed by atoms with Crippen molar-refractivity contribution in [3.05, 3.63) is 77.1 Å². The Morgan fingerprint density at radius 1 is 0.903 bits per heavy atom. The minimum atomic E-state index is -0.558. The van der Waals surface area contributed by atoms with Crippen LogP contribution in [0.2, 0.25) is 0 Å². The van der Waals surface area contributed by atoms with Crippen LogP contribution < -0.4 is 15.2 Å². The first-order valence-corrected chi connectivity index (χ1v) is 9.80. The van der Waals surface area contributed by atoms with E-state index in [1.807, 2.05) is 6.07 Å². The predicted molar refractivity (Wildman–Crippen MR) is 119 cm³/mol. The van der Waals surface area contributed by atoms with Crippen molar-refractivity contribution in [1.29, 1.82) is 0 Å². The highest BCUT2D eigenvalue weighted by Crippen LogP contribution is 2.42. The highest BCUT2D eigenvalue weighted by atomic mass is 19.1. The number of aryl methyl sites for hydroxylation is 2. The lowest BCUT2D eigenvalue weighted by molar-refractivity contribution is 0.100. The fourth-order valence-electron chi connectivity index (χ4n) is 4.06. The summed E-state index contributed by atoms with van der Waals surface area (Å²) in [4.78, 5) is 12.2. The molecular formula is C25H22FNO4. The third-order valence-corrected chi connectivity index (χ3v) is 5.53. The fraction of sp³-hybridized carbons (Fsp3) is 0.160. The van der Waals surface area contributed by atoms with Crippen LogP contribution >= 0.6 is 0 Å². The van der Waals surface area contributed by atoms with Crippen LogP contribution in [0, 0.1) is 5.82 Å². The number of carbonyl (C=O) groups excluding carboxylic acids is 1. The summed E-state index contributed by atoms with van der Waals surface area (Å²) in [6, 6.07) is 14.8. The molecule has 31 heavy (non-hydrogen) atoms. The zero-order valence-electron chi connectivity index (χ0n) is 17.2. The van der Waals surface area contributed by atoms with Gasteiger partial charge >= 0.3 is 0 Å². The highest BCUT2D eigenvalue weighted by molar-refractivity contribution is 6.18. The summed E-state index contributed by atoms with van der Waals surface area (Å²) in [5, 5.41) is 13.0. The summed E-state index contributed by atoms with van der Waals surface area (Å²) in [5.41, 5.74) is 7.84. The summed E-state index contributed by atoms with van der Waals surface area (Å²) < 4.78 is 24.5. The average molecular weight is 419 g/mol. The van der Waals surface area contributed by atoms with Gasteiger partial charge in [-0.15, -0.1) is 0 Å². The Balaban J connectivity index is 2.00. The number of hydrogen-bond acceptors (Lipinski definition) is 4. The molecule has 0 unspecified atom stereocenters. The minimum absolute atomic E-state index is 0.0815. The molecule has 4 aromatic carbocycles. The molecule has 0 aromatic heterocycles. The van der Waals surface area contributed by atoms with E-state index in [1.54, 1.807) is 44.6 Å².